The number of pyridine rings is 1. The molecule has 1 amide bonds. The van der Waals surface area contributed by atoms with Crippen molar-refractivity contribution in [2.24, 2.45) is 0 Å². The number of hydrogen-bond acceptors (Lipinski definition) is 7. The van der Waals surface area contributed by atoms with Gasteiger partial charge in [0.05, 0.1) is 17.4 Å². The predicted octanol–water partition coefficient (Wildman–Crippen LogP) is 3.22. The Morgan fingerprint density at radius 2 is 2.21 bits per heavy atom. The third-order valence-electron chi connectivity index (χ3n) is 3.72. The van der Waals surface area contributed by atoms with E-state index in [0.717, 1.165) is 35.2 Å². The fourth-order valence-corrected chi connectivity index (χ4v) is 4.16. The van der Waals surface area contributed by atoms with Crippen molar-refractivity contribution in [3.05, 3.63) is 42.1 Å². The largest absolute Gasteiger partial charge is 0.473 e. The van der Waals surface area contributed by atoms with Crippen molar-refractivity contribution in [2.45, 2.75) is 12.5 Å². The van der Waals surface area contributed by atoms with Crippen molar-refractivity contribution in [2.75, 3.05) is 16.8 Å². The average molecular weight is 358 g/mol. The molecule has 0 saturated carbocycles. The summed E-state index contributed by atoms with van der Waals surface area (Å²) in [6.45, 7) is 0. The number of fused-ring (bicyclic) bond motifs is 1. The Bertz CT molecular complexity index is 877. The minimum atomic E-state index is -0.260. The van der Waals surface area contributed by atoms with Crippen molar-refractivity contribution < 1.29 is 9.53 Å². The molecule has 1 N–H and O–H groups in total. The number of rotatable bonds is 4. The zero-order chi connectivity index (χ0) is 16.4. The lowest BCUT2D eigenvalue weighted by molar-refractivity contribution is 0.101. The van der Waals surface area contributed by atoms with E-state index in [-0.39, 0.29) is 12.0 Å². The maximum Gasteiger partial charge on any atom is 0.261 e. The molecule has 1 aliphatic heterocycles. The van der Waals surface area contributed by atoms with Gasteiger partial charge >= 0.3 is 0 Å². The van der Waals surface area contributed by atoms with Gasteiger partial charge in [-0.1, -0.05) is 6.07 Å². The van der Waals surface area contributed by atoms with E-state index in [1.165, 1.54) is 0 Å². The average Bonchev–Trinajstić information content (AvgIpc) is 3.27. The van der Waals surface area contributed by atoms with Crippen molar-refractivity contribution in [1.82, 2.24) is 13.7 Å². The van der Waals surface area contributed by atoms with Crippen LogP contribution in [0.15, 0.2) is 36.5 Å². The first-order valence-corrected chi connectivity index (χ1v) is 9.42. The summed E-state index contributed by atoms with van der Waals surface area (Å²) < 4.78 is 14.3. The summed E-state index contributed by atoms with van der Waals surface area (Å²) in [4.78, 5) is 16.9. The van der Waals surface area contributed by atoms with E-state index in [9.17, 15) is 4.79 Å². The number of nitrogens with one attached hydrogen (secondary N) is 1. The van der Waals surface area contributed by atoms with Gasteiger partial charge in [-0.25, -0.2) is 4.98 Å². The molecule has 0 radical (unpaired) electrons. The summed E-state index contributed by atoms with van der Waals surface area (Å²) >= 11 is 2.98. The highest BCUT2D eigenvalue weighted by Crippen LogP contribution is 2.26. The van der Waals surface area contributed by atoms with Crippen LogP contribution in [0.25, 0.3) is 11.0 Å². The van der Waals surface area contributed by atoms with Gasteiger partial charge < -0.3 is 10.1 Å². The summed E-state index contributed by atoms with van der Waals surface area (Å²) in [5.74, 6) is 2.13. The van der Waals surface area contributed by atoms with Crippen LogP contribution in [0.1, 0.15) is 16.8 Å². The molecule has 8 heteroatoms. The molecule has 122 valence electrons. The first-order valence-electron chi connectivity index (χ1n) is 7.53. The molecule has 3 heterocycles. The van der Waals surface area contributed by atoms with E-state index in [1.54, 1.807) is 18.3 Å². The lowest BCUT2D eigenvalue weighted by Gasteiger charge is -2.14. The third kappa shape index (κ3) is 3.07. The Hall–Kier alpha value is -2.19. The summed E-state index contributed by atoms with van der Waals surface area (Å²) in [6, 6.07) is 8.97. The Morgan fingerprint density at radius 3 is 3.08 bits per heavy atom. The third-order valence-corrected chi connectivity index (χ3v) is 5.39. The second-order valence-corrected chi connectivity index (χ2v) is 7.03. The number of hydrogen-bond donors (Lipinski definition) is 1. The lowest BCUT2D eigenvalue weighted by atomic mass is 10.2. The minimum Gasteiger partial charge on any atom is -0.473 e. The lowest BCUT2D eigenvalue weighted by Crippen LogP contribution is -2.20. The van der Waals surface area contributed by atoms with Crippen LogP contribution in [0.4, 0.5) is 5.69 Å². The number of amides is 1. The first-order chi connectivity index (χ1) is 11.8. The second-order valence-electron chi connectivity index (χ2n) is 5.35. The van der Waals surface area contributed by atoms with Crippen molar-refractivity contribution >= 4 is 46.1 Å². The molecular formula is C16H14N4O2S2. The van der Waals surface area contributed by atoms with E-state index in [1.807, 2.05) is 30.0 Å². The van der Waals surface area contributed by atoms with Crippen molar-refractivity contribution in [3.63, 3.8) is 0 Å². The van der Waals surface area contributed by atoms with Crippen LogP contribution in [0, 0.1) is 0 Å². The van der Waals surface area contributed by atoms with Gasteiger partial charge in [0, 0.05) is 11.9 Å². The van der Waals surface area contributed by atoms with Crippen molar-refractivity contribution in [3.8, 4) is 5.88 Å². The Morgan fingerprint density at radius 1 is 1.25 bits per heavy atom. The molecule has 1 aromatic carbocycles. The SMILES string of the molecule is O=C(Nc1cccc2nsnc12)c1cccnc1O[C@H]1CCSC1. The Kier molecular flexibility index (Phi) is 4.31. The van der Waals surface area contributed by atoms with E-state index >= 15 is 0 Å². The molecule has 6 nitrogen and oxygen atoms in total. The van der Waals surface area contributed by atoms with Gasteiger partial charge in [-0.3, -0.25) is 4.79 Å². The second kappa shape index (κ2) is 6.74. The van der Waals surface area contributed by atoms with Crippen LogP contribution in [0.3, 0.4) is 0 Å². The molecule has 0 spiro atoms. The number of nitrogens with zero attached hydrogens (tertiary/aromatic N) is 3. The van der Waals surface area contributed by atoms with E-state index < -0.39 is 0 Å². The molecule has 2 aromatic heterocycles. The van der Waals surface area contributed by atoms with Crippen LogP contribution >= 0.6 is 23.5 Å². The highest BCUT2D eigenvalue weighted by Gasteiger charge is 2.21. The quantitative estimate of drug-likeness (QED) is 0.772. The summed E-state index contributed by atoms with van der Waals surface area (Å²) in [7, 11) is 0. The van der Waals surface area contributed by atoms with Crippen molar-refractivity contribution in [1.29, 1.82) is 0 Å². The Labute approximate surface area is 147 Å². The monoisotopic (exact) mass is 358 g/mol. The summed E-state index contributed by atoms with van der Waals surface area (Å²) in [5.41, 5.74) is 2.52. The zero-order valence-corrected chi connectivity index (χ0v) is 14.3. The zero-order valence-electron chi connectivity index (χ0n) is 12.6. The summed E-state index contributed by atoms with van der Waals surface area (Å²) in [6.07, 6.45) is 2.73. The fraction of sp³-hybridized carbons (Fsp3) is 0.250. The number of carbonyl (C=O) groups is 1. The molecule has 0 unspecified atom stereocenters. The molecule has 4 rings (SSSR count). The number of thioether (sulfide) groups is 1. The highest BCUT2D eigenvalue weighted by atomic mass is 32.2. The summed E-state index contributed by atoms with van der Waals surface area (Å²) in [5, 5.41) is 2.89. The van der Waals surface area contributed by atoms with E-state index in [0.29, 0.717) is 22.6 Å². The van der Waals surface area contributed by atoms with Crippen LogP contribution in [0.5, 0.6) is 5.88 Å². The molecule has 3 aromatic rings. The molecule has 1 fully saturated rings. The maximum absolute atomic E-state index is 12.7. The molecule has 24 heavy (non-hydrogen) atoms. The fourth-order valence-electron chi connectivity index (χ4n) is 2.52. The van der Waals surface area contributed by atoms with Gasteiger partial charge in [-0.05, 0) is 36.4 Å². The predicted molar refractivity (Wildman–Crippen MR) is 96.0 cm³/mol. The number of benzene rings is 1. The van der Waals surface area contributed by atoms with Gasteiger partial charge in [0.1, 0.15) is 22.7 Å². The molecular weight excluding hydrogens is 344 g/mol. The van der Waals surface area contributed by atoms with E-state index in [4.69, 9.17) is 4.74 Å². The highest BCUT2D eigenvalue weighted by molar-refractivity contribution is 7.99. The smallest absolute Gasteiger partial charge is 0.261 e. The Balaban J connectivity index is 1.59. The standard InChI is InChI=1S/C16H14N4O2S2/c21-15(18-12-4-1-5-13-14(12)20-24-19-13)11-3-2-7-17-16(11)22-10-6-8-23-9-10/h1-5,7,10H,6,8-9H2,(H,18,21)/t10-/m0/s1. The van der Waals surface area contributed by atoms with Gasteiger partial charge in [0.2, 0.25) is 5.88 Å². The first kappa shape index (κ1) is 15.3. The van der Waals surface area contributed by atoms with Crippen LogP contribution in [-0.2, 0) is 0 Å². The molecule has 1 aliphatic rings. The van der Waals surface area contributed by atoms with E-state index in [2.05, 4.69) is 19.0 Å². The molecule has 1 saturated heterocycles. The number of ether oxygens (including phenoxy) is 1. The van der Waals surface area contributed by atoms with Crippen LogP contribution in [0.2, 0.25) is 0 Å². The number of anilines is 1. The maximum atomic E-state index is 12.7. The number of carbonyl (C=O) groups excluding carboxylic acids is 1. The molecule has 0 aliphatic carbocycles. The van der Waals surface area contributed by atoms with Crippen LogP contribution in [-0.4, -0.2) is 37.2 Å². The van der Waals surface area contributed by atoms with Crippen LogP contribution < -0.4 is 10.1 Å². The topological polar surface area (TPSA) is 77.0 Å². The van der Waals surface area contributed by atoms with Gasteiger partial charge in [0.25, 0.3) is 5.91 Å². The molecule has 1 atom stereocenters. The van der Waals surface area contributed by atoms with Gasteiger partial charge in [-0.15, -0.1) is 0 Å². The normalized spacial score (nSPS) is 17.1. The number of aromatic nitrogens is 3. The minimum absolute atomic E-state index is 0.114. The molecule has 0 bridgehead atoms. The van der Waals surface area contributed by atoms with Gasteiger partial charge in [-0.2, -0.15) is 20.5 Å². The van der Waals surface area contributed by atoms with Gasteiger partial charge in [0.15, 0.2) is 0 Å².